The van der Waals surface area contributed by atoms with E-state index in [1.165, 1.54) is 4.88 Å². The van der Waals surface area contributed by atoms with E-state index in [1.54, 1.807) is 18.4 Å². The molecule has 0 fully saturated rings. The molecule has 1 rings (SSSR count). The van der Waals surface area contributed by atoms with Crippen LogP contribution in [0.2, 0.25) is 4.34 Å². The molecule has 92 valence electrons. The highest BCUT2D eigenvalue weighted by Crippen LogP contribution is 2.31. The quantitative estimate of drug-likeness (QED) is 0.805. The number of hydrogen-bond acceptors (Lipinski definition) is 3. The summed E-state index contributed by atoms with van der Waals surface area (Å²) in [5.41, 5.74) is 0. The highest BCUT2D eigenvalue weighted by atomic mass is 35.5. The van der Waals surface area contributed by atoms with E-state index in [1.807, 2.05) is 6.07 Å². The summed E-state index contributed by atoms with van der Waals surface area (Å²) in [5.74, 6) is 0. The van der Waals surface area contributed by atoms with E-state index >= 15 is 0 Å². The zero-order valence-electron chi connectivity index (χ0n) is 10.1. The second-order valence-electron chi connectivity index (χ2n) is 3.74. The minimum atomic E-state index is 0.222. The van der Waals surface area contributed by atoms with Gasteiger partial charge in [0.15, 0.2) is 0 Å². The fourth-order valence-corrected chi connectivity index (χ4v) is 3.03. The molecule has 2 unspecified atom stereocenters. The maximum atomic E-state index is 5.98. The third kappa shape index (κ3) is 3.74. The number of hydrogen-bond donors (Lipinski definition) is 1. The third-order valence-electron chi connectivity index (χ3n) is 2.57. The normalized spacial score (nSPS) is 15.0. The van der Waals surface area contributed by atoms with Crippen LogP contribution < -0.4 is 5.32 Å². The second-order valence-corrected chi connectivity index (χ2v) is 5.49. The predicted molar refractivity (Wildman–Crippen MR) is 71.5 cm³/mol. The number of ether oxygens (including phenoxy) is 1. The Labute approximate surface area is 107 Å². The van der Waals surface area contributed by atoms with Crippen molar-refractivity contribution in [3.05, 3.63) is 21.3 Å². The smallest absolute Gasteiger partial charge is 0.0931 e. The first-order chi connectivity index (χ1) is 7.72. The number of rotatable bonds is 7. The van der Waals surface area contributed by atoms with Crippen LogP contribution >= 0.6 is 22.9 Å². The minimum absolute atomic E-state index is 0.222. The summed E-state index contributed by atoms with van der Waals surface area (Å²) in [6.45, 7) is 5.22. The molecule has 2 atom stereocenters. The molecular weight excluding hydrogens is 242 g/mol. The molecule has 1 heterocycles. The van der Waals surface area contributed by atoms with Gasteiger partial charge in [-0.25, -0.2) is 0 Å². The van der Waals surface area contributed by atoms with Crippen LogP contribution in [-0.4, -0.2) is 19.8 Å². The van der Waals surface area contributed by atoms with Gasteiger partial charge < -0.3 is 10.1 Å². The van der Waals surface area contributed by atoms with Gasteiger partial charge in [-0.2, -0.15) is 0 Å². The molecule has 0 aliphatic heterocycles. The molecule has 0 aromatic carbocycles. The first-order valence-corrected chi connectivity index (χ1v) is 6.93. The van der Waals surface area contributed by atoms with Gasteiger partial charge in [0.05, 0.1) is 16.5 Å². The first-order valence-electron chi connectivity index (χ1n) is 5.74. The van der Waals surface area contributed by atoms with Crippen LogP contribution in [0.1, 0.15) is 37.6 Å². The van der Waals surface area contributed by atoms with Crippen molar-refractivity contribution in [1.82, 2.24) is 5.32 Å². The van der Waals surface area contributed by atoms with Crippen LogP contribution in [0.15, 0.2) is 12.1 Å². The van der Waals surface area contributed by atoms with E-state index in [0.717, 1.165) is 23.7 Å². The fraction of sp³-hybridized carbons (Fsp3) is 0.667. The van der Waals surface area contributed by atoms with Crippen LogP contribution in [0.5, 0.6) is 0 Å². The van der Waals surface area contributed by atoms with Gasteiger partial charge in [0, 0.05) is 12.0 Å². The molecule has 1 N–H and O–H groups in total. The zero-order valence-corrected chi connectivity index (χ0v) is 11.7. The van der Waals surface area contributed by atoms with Crippen molar-refractivity contribution in [3.63, 3.8) is 0 Å². The van der Waals surface area contributed by atoms with Gasteiger partial charge in [0.1, 0.15) is 0 Å². The van der Waals surface area contributed by atoms with E-state index in [-0.39, 0.29) is 12.1 Å². The van der Waals surface area contributed by atoms with Crippen LogP contribution in [0.4, 0.5) is 0 Å². The molecular formula is C12H20ClNOS. The lowest BCUT2D eigenvalue weighted by atomic mass is 10.0. The number of halogens is 1. The molecule has 2 nitrogen and oxygen atoms in total. The summed E-state index contributed by atoms with van der Waals surface area (Å²) in [4.78, 5) is 1.26. The molecule has 16 heavy (non-hydrogen) atoms. The van der Waals surface area contributed by atoms with E-state index in [4.69, 9.17) is 16.3 Å². The molecule has 1 aromatic heterocycles. The monoisotopic (exact) mass is 261 g/mol. The number of methoxy groups -OCH3 is 1. The van der Waals surface area contributed by atoms with Crippen LogP contribution in [0, 0.1) is 0 Å². The van der Waals surface area contributed by atoms with Crippen molar-refractivity contribution in [1.29, 1.82) is 0 Å². The average molecular weight is 262 g/mol. The molecule has 0 aliphatic carbocycles. The number of likely N-dealkylation sites (N-methyl/N-ethyl adjacent to an activating group) is 1. The van der Waals surface area contributed by atoms with E-state index < -0.39 is 0 Å². The predicted octanol–water partition coefficient (Wildman–Crippen LogP) is 3.87. The van der Waals surface area contributed by atoms with Crippen LogP contribution in [0.3, 0.4) is 0 Å². The third-order valence-corrected chi connectivity index (χ3v) is 3.89. The minimum Gasteiger partial charge on any atom is -0.379 e. The lowest BCUT2D eigenvalue weighted by molar-refractivity contribution is 0.0621. The Morgan fingerprint density at radius 3 is 2.62 bits per heavy atom. The lowest BCUT2D eigenvalue weighted by Gasteiger charge is -2.25. The van der Waals surface area contributed by atoms with E-state index in [0.29, 0.717) is 0 Å². The summed E-state index contributed by atoms with van der Waals surface area (Å²) in [5, 5.41) is 3.47. The standard InChI is InChI=1S/C12H20ClNOS/c1-4-6-9(15-3)12(14-5-2)10-7-8-11(13)16-10/h7-9,12,14H,4-6H2,1-3H3. The fourth-order valence-electron chi connectivity index (χ4n) is 1.84. The van der Waals surface area contributed by atoms with Crippen molar-refractivity contribution < 1.29 is 4.74 Å². The zero-order chi connectivity index (χ0) is 12.0. The summed E-state index contributed by atoms with van der Waals surface area (Å²) >= 11 is 7.61. The van der Waals surface area contributed by atoms with Gasteiger partial charge in [-0.1, -0.05) is 31.9 Å². The topological polar surface area (TPSA) is 21.3 Å². The van der Waals surface area contributed by atoms with Crippen molar-refractivity contribution in [2.24, 2.45) is 0 Å². The van der Waals surface area contributed by atoms with E-state index in [2.05, 4.69) is 25.2 Å². The van der Waals surface area contributed by atoms with Crippen LogP contribution in [0.25, 0.3) is 0 Å². The Morgan fingerprint density at radius 2 is 2.19 bits per heavy atom. The van der Waals surface area contributed by atoms with Gasteiger partial charge in [0.25, 0.3) is 0 Å². The first kappa shape index (κ1) is 14.0. The van der Waals surface area contributed by atoms with Gasteiger partial charge in [-0.15, -0.1) is 11.3 Å². The Kier molecular flexibility index (Phi) is 6.36. The summed E-state index contributed by atoms with van der Waals surface area (Å²) in [6.07, 6.45) is 2.41. The Hall–Kier alpha value is -0.0900. The molecule has 0 saturated carbocycles. The maximum Gasteiger partial charge on any atom is 0.0931 e. The summed E-state index contributed by atoms with van der Waals surface area (Å²) in [6, 6.07) is 4.29. The molecule has 0 spiro atoms. The molecule has 0 amide bonds. The van der Waals surface area contributed by atoms with Crippen molar-refractivity contribution >= 4 is 22.9 Å². The molecule has 4 heteroatoms. The molecule has 0 radical (unpaired) electrons. The molecule has 0 saturated heterocycles. The van der Waals surface area contributed by atoms with Gasteiger partial charge >= 0.3 is 0 Å². The molecule has 0 bridgehead atoms. The second kappa shape index (κ2) is 7.28. The Morgan fingerprint density at radius 1 is 1.44 bits per heavy atom. The highest BCUT2D eigenvalue weighted by Gasteiger charge is 2.22. The van der Waals surface area contributed by atoms with Gasteiger partial charge in [0.2, 0.25) is 0 Å². The lowest BCUT2D eigenvalue weighted by Crippen LogP contribution is -2.32. The SMILES string of the molecule is CCCC(OC)C(NCC)c1ccc(Cl)s1. The number of thiophene rings is 1. The molecule has 0 aliphatic rings. The Bertz CT molecular complexity index is 303. The molecule has 1 aromatic rings. The van der Waals surface area contributed by atoms with Gasteiger partial charge in [-0.05, 0) is 25.1 Å². The Balaban J connectivity index is 2.79. The van der Waals surface area contributed by atoms with Crippen molar-refractivity contribution in [2.45, 2.75) is 38.8 Å². The van der Waals surface area contributed by atoms with Gasteiger partial charge in [-0.3, -0.25) is 0 Å². The maximum absolute atomic E-state index is 5.98. The van der Waals surface area contributed by atoms with Crippen LogP contribution in [-0.2, 0) is 4.74 Å². The van der Waals surface area contributed by atoms with Crippen molar-refractivity contribution in [2.75, 3.05) is 13.7 Å². The summed E-state index contributed by atoms with van der Waals surface area (Å²) < 4.78 is 6.41. The largest absolute Gasteiger partial charge is 0.379 e. The average Bonchev–Trinajstić information content (AvgIpc) is 2.70. The van der Waals surface area contributed by atoms with E-state index in [9.17, 15) is 0 Å². The summed E-state index contributed by atoms with van der Waals surface area (Å²) in [7, 11) is 1.78. The highest BCUT2D eigenvalue weighted by molar-refractivity contribution is 7.16. The number of nitrogens with one attached hydrogen (secondary N) is 1. The van der Waals surface area contributed by atoms with Crippen molar-refractivity contribution in [3.8, 4) is 0 Å².